The van der Waals surface area contributed by atoms with Crippen molar-refractivity contribution in [2.45, 2.75) is 30.2 Å². The molecule has 34 heavy (non-hydrogen) atoms. The Balaban J connectivity index is 1.76. The first kappa shape index (κ1) is 24.6. The van der Waals surface area contributed by atoms with E-state index in [0.717, 1.165) is 15.4 Å². The van der Waals surface area contributed by atoms with E-state index in [4.69, 9.17) is 0 Å². The minimum Gasteiger partial charge on any atom is -0.249 e. The Morgan fingerprint density at radius 3 is 1.88 bits per heavy atom. The van der Waals surface area contributed by atoms with E-state index in [2.05, 4.69) is 4.40 Å². The van der Waals surface area contributed by atoms with Crippen LogP contribution in [-0.2, 0) is 37.8 Å². The smallest absolute Gasteiger partial charge is 0.249 e. The fourth-order valence-corrected chi connectivity index (χ4v) is 8.94. The molecule has 1 atom stereocenters. The fourth-order valence-electron chi connectivity index (χ4n) is 3.02. The van der Waals surface area contributed by atoms with E-state index < -0.39 is 31.2 Å². The summed E-state index contributed by atoms with van der Waals surface area (Å²) in [5, 5.41) is -0.196. The SMILES string of the molecule is Cc1ccc(S(=O)(=O)/N=C2\SN(S(=O)(=O)c3ccc(C)cc3)S(=O)N2Cc2ccccc2)cc1. The number of rotatable bonds is 6. The summed E-state index contributed by atoms with van der Waals surface area (Å²) in [6.07, 6.45) is 0. The van der Waals surface area contributed by atoms with E-state index in [1.807, 2.05) is 19.9 Å². The molecule has 3 aromatic rings. The van der Waals surface area contributed by atoms with E-state index in [9.17, 15) is 21.0 Å². The molecular formula is C22H21N3O5S4. The topological polar surface area (TPSA) is 104 Å². The first-order chi connectivity index (χ1) is 16.1. The predicted octanol–water partition coefficient (Wildman–Crippen LogP) is 3.78. The van der Waals surface area contributed by atoms with Gasteiger partial charge in [-0.3, -0.25) is 0 Å². The number of aryl methyl sites for hydroxylation is 2. The molecule has 1 aliphatic heterocycles. The summed E-state index contributed by atoms with van der Waals surface area (Å²) >= 11 is -1.73. The Morgan fingerprint density at radius 2 is 1.32 bits per heavy atom. The number of benzene rings is 3. The fraction of sp³-hybridized carbons (Fsp3) is 0.136. The van der Waals surface area contributed by atoms with E-state index in [0.29, 0.717) is 20.6 Å². The lowest BCUT2D eigenvalue weighted by atomic mass is 10.2. The summed E-state index contributed by atoms with van der Waals surface area (Å²) in [5.41, 5.74) is 2.46. The normalized spacial score (nSPS) is 18.5. The molecule has 0 amide bonds. The highest BCUT2D eigenvalue weighted by Gasteiger charge is 2.44. The lowest BCUT2D eigenvalue weighted by Crippen LogP contribution is -2.31. The van der Waals surface area contributed by atoms with Gasteiger partial charge in [-0.2, -0.15) is 8.42 Å². The number of hydrogen-bond donors (Lipinski definition) is 0. The van der Waals surface area contributed by atoms with Gasteiger partial charge in [0.2, 0.25) is 16.3 Å². The average molecular weight is 536 g/mol. The van der Waals surface area contributed by atoms with E-state index in [-0.39, 0.29) is 21.5 Å². The van der Waals surface area contributed by atoms with Crippen molar-refractivity contribution in [3.05, 3.63) is 95.6 Å². The molecule has 1 heterocycles. The number of sulfonamides is 2. The van der Waals surface area contributed by atoms with Crippen molar-refractivity contribution in [1.29, 1.82) is 0 Å². The van der Waals surface area contributed by atoms with Gasteiger partial charge < -0.3 is 0 Å². The van der Waals surface area contributed by atoms with Gasteiger partial charge in [0.15, 0.2) is 0 Å². The van der Waals surface area contributed by atoms with Crippen molar-refractivity contribution < 1.29 is 21.0 Å². The number of amidine groups is 1. The number of hydrogen-bond acceptors (Lipinski definition) is 6. The van der Waals surface area contributed by atoms with Crippen LogP contribution in [0, 0.1) is 13.8 Å². The molecule has 12 heteroatoms. The maximum Gasteiger partial charge on any atom is 0.284 e. The lowest BCUT2D eigenvalue weighted by Gasteiger charge is -2.16. The third-order valence-electron chi connectivity index (χ3n) is 4.89. The van der Waals surface area contributed by atoms with Crippen molar-refractivity contribution in [3.63, 3.8) is 0 Å². The van der Waals surface area contributed by atoms with Gasteiger partial charge in [0.25, 0.3) is 20.0 Å². The monoisotopic (exact) mass is 535 g/mol. The van der Waals surface area contributed by atoms with Gasteiger partial charge in [0.1, 0.15) is 0 Å². The van der Waals surface area contributed by atoms with Crippen LogP contribution in [0.2, 0.25) is 0 Å². The minimum absolute atomic E-state index is 0.00260. The third kappa shape index (κ3) is 5.10. The van der Waals surface area contributed by atoms with Crippen LogP contribution in [0.15, 0.2) is 93.1 Å². The van der Waals surface area contributed by atoms with Gasteiger partial charge in [-0.15, -0.1) is 4.40 Å². The Kier molecular flexibility index (Phi) is 6.97. The van der Waals surface area contributed by atoms with E-state index in [1.54, 1.807) is 48.5 Å². The van der Waals surface area contributed by atoms with Crippen LogP contribution in [0.5, 0.6) is 0 Å². The second-order valence-electron chi connectivity index (χ2n) is 7.52. The van der Waals surface area contributed by atoms with Crippen molar-refractivity contribution >= 4 is 48.3 Å². The molecule has 178 valence electrons. The second-order valence-corrected chi connectivity index (χ2v) is 13.8. The van der Waals surface area contributed by atoms with Gasteiger partial charge in [0, 0.05) is 11.9 Å². The van der Waals surface area contributed by atoms with Crippen LogP contribution in [0.25, 0.3) is 0 Å². The van der Waals surface area contributed by atoms with Gasteiger partial charge in [-0.25, -0.2) is 16.9 Å². The zero-order chi connectivity index (χ0) is 24.5. The molecule has 0 bridgehead atoms. The van der Waals surface area contributed by atoms with Crippen LogP contribution in [0.1, 0.15) is 16.7 Å². The molecule has 1 aliphatic rings. The quantitative estimate of drug-likeness (QED) is 0.445. The van der Waals surface area contributed by atoms with E-state index in [1.165, 1.54) is 24.3 Å². The number of nitrogens with zero attached hydrogens (tertiary/aromatic N) is 3. The van der Waals surface area contributed by atoms with Crippen LogP contribution in [0.4, 0.5) is 0 Å². The molecular weight excluding hydrogens is 515 g/mol. The van der Waals surface area contributed by atoms with E-state index >= 15 is 0 Å². The molecule has 0 aromatic heterocycles. The molecule has 0 spiro atoms. The summed E-state index contributed by atoms with van der Waals surface area (Å²) in [4.78, 5) is -0.0993. The Labute approximate surface area is 206 Å². The molecule has 3 aromatic carbocycles. The Morgan fingerprint density at radius 1 is 0.794 bits per heavy atom. The maximum atomic E-state index is 13.4. The van der Waals surface area contributed by atoms with Crippen molar-refractivity contribution in [1.82, 2.24) is 7.42 Å². The molecule has 0 saturated carbocycles. The van der Waals surface area contributed by atoms with Crippen LogP contribution in [0.3, 0.4) is 0 Å². The summed E-state index contributed by atoms with van der Waals surface area (Å²) in [5.74, 6) is 0. The summed E-state index contributed by atoms with van der Waals surface area (Å²) in [6.45, 7) is 3.65. The predicted molar refractivity (Wildman–Crippen MR) is 134 cm³/mol. The highest BCUT2D eigenvalue weighted by atomic mass is 32.3. The molecule has 0 aliphatic carbocycles. The minimum atomic E-state index is -4.21. The maximum absolute atomic E-state index is 13.4. The van der Waals surface area contributed by atoms with Crippen molar-refractivity contribution in [3.8, 4) is 0 Å². The third-order valence-corrected chi connectivity index (χ3v) is 11.6. The highest BCUT2D eigenvalue weighted by molar-refractivity contribution is 8.29. The van der Waals surface area contributed by atoms with Gasteiger partial charge in [0.05, 0.1) is 16.3 Å². The zero-order valence-corrected chi connectivity index (χ0v) is 21.5. The Hall–Kier alpha value is -2.51. The van der Waals surface area contributed by atoms with Gasteiger partial charge >= 0.3 is 0 Å². The molecule has 1 saturated heterocycles. The molecule has 1 unspecified atom stereocenters. The standard InChI is InChI=1S/C22H21N3O5S4/c1-17-8-12-20(13-9-17)33(27,28)23-22-24(16-19-6-4-3-5-7-19)32(26)25(31-22)34(29,30)21-14-10-18(2)11-15-21/h3-15H,16H2,1-2H3/b23-22-. The molecule has 4 rings (SSSR count). The summed E-state index contributed by atoms with van der Waals surface area (Å²) in [7, 11) is -8.39. The first-order valence-corrected chi connectivity index (χ1v) is 14.7. The first-order valence-electron chi connectivity index (χ1n) is 10.0. The van der Waals surface area contributed by atoms with Crippen molar-refractivity contribution in [2.24, 2.45) is 4.40 Å². The Bertz CT molecular complexity index is 1460. The average Bonchev–Trinajstić information content (AvgIpc) is 3.10. The lowest BCUT2D eigenvalue weighted by molar-refractivity contribution is 0.564. The molecule has 0 N–H and O–H groups in total. The largest absolute Gasteiger partial charge is 0.284 e. The van der Waals surface area contributed by atoms with Gasteiger partial charge in [-0.1, -0.05) is 65.7 Å². The van der Waals surface area contributed by atoms with Crippen LogP contribution < -0.4 is 0 Å². The van der Waals surface area contributed by atoms with Crippen molar-refractivity contribution in [2.75, 3.05) is 0 Å². The summed E-state index contributed by atoms with van der Waals surface area (Å²) < 4.78 is 71.6. The molecule has 8 nitrogen and oxygen atoms in total. The van der Waals surface area contributed by atoms with Crippen LogP contribution >= 0.6 is 11.9 Å². The molecule has 0 radical (unpaired) electrons. The van der Waals surface area contributed by atoms with Gasteiger partial charge in [-0.05, 0) is 46.8 Å². The summed E-state index contributed by atoms with van der Waals surface area (Å²) in [6, 6.07) is 21.1. The highest BCUT2D eigenvalue weighted by Crippen LogP contribution is 2.37. The second kappa shape index (κ2) is 9.62. The zero-order valence-electron chi connectivity index (χ0n) is 18.2. The molecule has 1 fully saturated rings. The van der Waals surface area contributed by atoms with Crippen LogP contribution in [-0.4, -0.2) is 33.6 Å².